The van der Waals surface area contributed by atoms with Gasteiger partial charge in [-0.05, 0) is 25.5 Å². The molecule has 0 aliphatic heterocycles. The van der Waals surface area contributed by atoms with E-state index < -0.39 is 23.3 Å². The fourth-order valence-electron chi connectivity index (χ4n) is 1.35. The van der Waals surface area contributed by atoms with Crippen molar-refractivity contribution in [1.82, 2.24) is 10.3 Å². The van der Waals surface area contributed by atoms with E-state index in [9.17, 15) is 22.8 Å². The summed E-state index contributed by atoms with van der Waals surface area (Å²) in [4.78, 5) is 24.6. The van der Waals surface area contributed by atoms with Gasteiger partial charge in [-0.2, -0.15) is 13.2 Å². The number of hydrogen-bond donors (Lipinski definition) is 2. The van der Waals surface area contributed by atoms with Gasteiger partial charge in [0.15, 0.2) is 0 Å². The van der Waals surface area contributed by atoms with Crippen LogP contribution in [0.4, 0.5) is 13.2 Å². The van der Waals surface area contributed by atoms with E-state index in [-0.39, 0.29) is 5.56 Å². The number of halogens is 3. The lowest BCUT2D eigenvalue weighted by atomic mass is 10.2. The summed E-state index contributed by atoms with van der Waals surface area (Å²) in [5.74, 6) is -0.695. The molecule has 7 heteroatoms. The van der Waals surface area contributed by atoms with Crippen LogP contribution in [-0.2, 0) is 6.18 Å². The van der Waals surface area contributed by atoms with E-state index in [1.807, 2.05) is 13.0 Å². The number of amides is 1. The molecule has 1 aromatic heterocycles. The van der Waals surface area contributed by atoms with E-state index >= 15 is 0 Å². The van der Waals surface area contributed by atoms with Crippen molar-refractivity contribution >= 4 is 5.91 Å². The van der Waals surface area contributed by atoms with Gasteiger partial charge in [0.2, 0.25) is 0 Å². The molecule has 0 aliphatic carbocycles. The Morgan fingerprint density at radius 1 is 1.42 bits per heavy atom. The second-order valence-electron chi connectivity index (χ2n) is 3.73. The van der Waals surface area contributed by atoms with Crippen molar-refractivity contribution < 1.29 is 18.0 Å². The van der Waals surface area contributed by atoms with E-state index in [0.717, 1.165) is 6.07 Å². The monoisotopic (exact) mass is 274 g/mol. The molecule has 2 N–H and O–H groups in total. The first-order valence-electron chi connectivity index (χ1n) is 5.56. The van der Waals surface area contributed by atoms with Gasteiger partial charge in [0, 0.05) is 6.54 Å². The number of allylic oxidation sites excluding steroid dienone is 1. The van der Waals surface area contributed by atoms with Crippen LogP contribution in [-0.4, -0.2) is 17.4 Å². The van der Waals surface area contributed by atoms with Crippen molar-refractivity contribution in [2.75, 3.05) is 6.54 Å². The van der Waals surface area contributed by atoms with Crippen molar-refractivity contribution in [2.45, 2.75) is 19.5 Å². The summed E-state index contributed by atoms with van der Waals surface area (Å²) in [6, 6.07) is 1.54. The molecule has 0 radical (unpaired) electrons. The largest absolute Gasteiger partial charge is 0.431 e. The number of carbonyl (C=O) groups excluding carboxylic acids is 1. The molecule has 0 unspecified atom stereocenters. The third-order valence-corrected chi connectivity index (χ3v) is 2.29. The Kier molecular flexibility index (Phi) is 4.91. The molecule has 1 aromatic rings. The maximum atomic E-state index is 12.3. The molecule has 19 heavy (non-hydrogen) atoms. The summed E-state index contributed by atoms with van der Waals surface area (Å²) in [5, 5.41) is 2.44. The Balaban J connectivity index is 2.80. The molecule has 0 aliphatic rings. The molecule has 1 heterocycles. The van der Waals surface area contributed by atoms with Gasteiger partial charge in [0.05, 0.1) is 0 Å². The van der Waals surface area contributed by atoms with Crippen molar-refractivity contribution in [1.29, 1.82) is 0 Å². The van der Waals surface area contributed by atoms with Crippen LogP contribution < -0.4 is 10.9 Å². The highest BCUT2D eigenvalue weighted by molar-refractivity contribution is 5.93. The van der Waals surface area contributed by atoms with Gasteiger partial charge < -0.3 is 10.3 Å². The van der Waals surface area contributed by atoms with Crippen LogP contribution >= 0.6 is 0 Å². The summed E-state index contributed by atoms with van der Waals surface area (Å²) in [7, 11) is 0. The zero-order valence-corrected chi connectivity index (χ0v) is 10.2. The number of hydrogen-bond acceptors (Lipinski definition) is 2. The summed E-state index contributed by atoms with van der Waals surface area (Å²) in [6.07, 6.45) is -0.435. The molecule has 0 atom stereocenters. The Morgan fingerprint density at radius 3 is 2.63 bits per heavy atom. The predicted molar refractivity (Wildman–Crippen MR) is 63.8 cm³/mol. The van der Waals surface area contributed by atoms with E-state index in [2.05, 4.69) is 5.32 Å². The molecule has 0 spiro atoms. The van der Waals surface area contributed by atoms with E-state index in [1.165, 1.54) is 0 Å². The van der Waals surface area contributed by atoms with Crippen molar-refractivity contribution in [2.24, 2.45) is 0 Å². The van der Waals surface area contributed by atoms with Crippen LogP contribution in [0.1, 0.15) is 29.4 Å². The first-order valence-corrected chi connectivity index (χ1v) is 5.56. The van der Waals surface area contributed by atoms with Gasteiger partial charge in [0.1, 0.15) is 11.3 Å². The zero-order valence-electron chi connectivity index (χ0n) is 10.2. The van der Waals surface area contributed by atoms with Crippen LogP contribution in [0.25, 0.3) is 0 Å². The molecule has 1 amide bonds. The minimum Gasteiger partial charge on any atom is -0.352 e. The van der Waals surface area contributed by atoms with Gasteiger partial charge in [-0.1, -0.05) is 12.2 Å². The number of carbonyl (C=O) groups is 1. The topological polar surface area (TPSA) is 62.0 Å². The SMILES string of the molecule is C/C=C/CCNC(=O)c1ccc(C(F)(F)F)[nH]c1=O. The first kappa shape index (κ1) is 15.0. The third-order valence-electron chi connectivity index (χ3n) is 2.29. The van der Waals surface area contributed by atoms with Crippen molar-refractivity contribution in [3.63, 3.8) is 0 Å². The van der Waals surface area contributed by atoms with Crippen LogP contribution in [0.5, 0.6) is 0 Å². The molecule has 0 bridgehead atoms. The molecule has 0 saturated carbocycles. The molecule has 0 aromatic carbocycles. The van der Waals surface area contributed by atoms with Gasteiger partial charge in [-0.15, -0.1) is 0 Å². The predicted octanol–water partition coefficient (Wildman–Crippen LogP) is 2.09. The molecule has 0 saturated heterocycles. The van der Waals surface area contributed by atoms with E-state index in [1.54, 1.807) is 11.1 Å². The normalized spacial score (nSPS) is 11.8. The third kappa shape index (κ3) is 4.27. The van der Waals surface area contributed by atoms with Crippen molar-refractivity contribution in [3.8, 4) is 0 Å². The Hall–Kier alpha value is -2.05. The summed E-state index contributed by atoms with van der Waals surface area (Å²) in [6.45, 7) is 2.13. The first-order chi connectivity index (χ1) is 8.86. The number of H-pyrrole nitrogens is 1. The minimum atomic E-state index is -4.64. The number of aromatic amines is 1. The molecule has 1 rings (SSSR count). The zero-order chi connectivity index (χ0) is 14.5. The second kappa shape index (κ2) is 6.21. The van der Waals surface area contributed by atoms with Crippen molar-refractivity contribution in [3.05, 3.63) is 45.9 Å². The fourth-order valence-corrected chi connectivity index (χ4v) is 1.35. The smallest absolute Gasteiger partial charge is 0.352 e. The number of nitrogens with one attached hydrogen (secondary N) is 2. The number of aromatic nitrogens is 1. The van der Waals surface area contributed by atoms with Gasteiger partial charge in [-0.3, -0.25) is 9.59 Å². The molecule has 104 valence electrons. The maximum absolute atomic E-state index is 12.3. The molecular weight excluding hydrogens is 261 g/mol. The lowest BCUT2D eigenvalue weighted by Crippen LogP contribution is -2.31. The molecular formula is C12H13F3N2O2. The summed E-state index contributed by atoms with van der Waals surface area (Å²) < 4.78 is 36.9. The Bertz CT molecular complexity index is 533. The average molecular weight is 274 g/mol. The summed E-state index contributed by atoms with van der Waals surface area (Å²) >= 11 is 0. The number of alkyl halides is 3. The maximum Gasteiger partial charge on any atom is 0.431 e. The van der Waals surface area contributed by atoms with Crippen LogP contribution in [0.15, 0.2) is 29.1 Å². The lowest BCUT2D eigenvalue weighted by molar-refractivity contribution is -0.141. The van der Waals surface area contributed by atoms with Crippen LogP contribution in [0.3, 0.4) is 0 Å². The standard InChI is InChI=1S/C12H13F3N2O2/c1-2-3-4-7-16-10(18)8-5-6-9(12(13,14)15)17-11(8)19/h2-3,5-6H,4,7H2,1H3,(H,16,18)(H,17,19)/b3-2+. The van der Waals surface area contributed by atoms with Crippen LogP contribution in [0.2, 0.25) is 0 Å². The quantitative estimate of drug-likeness (QED) is 0.652. The molecule has 4 nitrogen and oxygen atoms in total. The van der Waals surface area contributed by atoms with Crippen LogP contribution in [0, 0.1) is 0 Å². The average Bonchev–Trinajstić information content (AvgIpc) is 2.33. The highest BCUT2D eigenvalue weighted by Crippen LogP contribution is 2.26. The summed E-state index contributed by atoms with van der Waals surface area (Å²) in [5.41, 5.74) is -2.57. The van der Waals surface area contributed by atoms with Gasteiger partial charge in [0.25, 0.3) is 11.5 Å². The fraction of sp³-hybridized carbons (Fsp3) is 0.333. The highest BCUT2D eigenvalue weighted by Gasteiger charge is 2.32. The van der Waals surface area contributed by atoms with E-state index in [0.29, 0.717) is 19.0 Å². The highest BCUT2D eigenvalue weighted by atomic mass is 19.4. The van der Waals surface area contributed by atoms with Gasteiger partial charge >= 0.3 is 6.18 Å². The Labute approximate surface area is 107 Å². The number of rotatable bonds is 4. The number of pyridine rings is 1. The van der Waals surface area contributed by atoms with E-state index in [4.69, 9.17) is 0 Å². The second-order valence-corrected chi connectivity index (χ2v) is 3.73. The Morgan fingerprint density at radius 2 is 2.11 bits per heavy atom. The minimum absolute atomic E-state index is 0.309. The van der Waals surface area contributed by atoms with Gasteiger partial charge in [-0.25, -0.2) is 0 Å². The molecule has 0 fully saturated rings. The lowest BCUT2D eigenvalue weighted by Gasteiger charge is -2.07.